The van der Waals surface area contributed by atoms with Gasteiger partial charge in [0, 0.05) is 12.1 Å². The minimum absolute atomic E-state index is 0.155. The van der Waals surface area contributed by atoms with Gasteiger partial charge in [-0.25, -0.2) is 0 Å². The van der Waals surface area contributed by atoms with Crippen molar-refractivity contribution < 1.29 is 9.59 Å². The van der Waals surface area contributed by atoms with Crippen LogP contribution in [0, 0.1) is 6.92 Å². The van der Waals surface area contributed by atoms with Crippen molar-refractivity contribution >= 4 is 17.5 Å². The normalized spacial score (nSPS) is 12.4. The van der Waals surface area contributed by atoms with Crippen LogP contribution in [0.25, 0.3) is 11.1 Å². The number of carbonyl (C=O) groups excluding carboxylic acids is 2. The Morgan fingerprint density at radius 3 is 2.58 bits per heavy atom. The van der Waals surface area contributed by atoms with Crippen molar-refractivity contribution in [1.29, 1.82) is 0 Å². The number of anilines is 1. The van der Waals surface area contributed by atoms with E-state index in [2.05, 4.69) is 10.6 Å². The minimum Gasteiger partial charge on any atom is -0.348 e. The largest absolute Gasteiger partial charge is 0.348 e. The third-order valence-electron chi connectivity index (χ3n) is 4.58. The second-order valence-corrected chi connectivity index (χ2v) is 6.39. The van der Waals surface area contributed by atoms with Gasteiger partial charge in [0.1, 0.15) is 0 Å². The Labute approximate surface area is 151 Å². The van der Waals surface area contributed by atoms with Crippen LogP contribution in [0.15, 0.2) is 66.7 Å². The van der Waals surface area contributed by atoms with Gasteiger partial charge in [0.15, 0.2) is 0 Å². The van der Waals surface area contributed by atoms with Crippen molar-refractivity contribution in [3.05, 3.63) is 89.0 Å². The van der Waals surface area contributed by atoms with Crippen LogP contribution in [0.2, 0.25) is 0 Å². The molecular weight excluding hydrogens is 324 g/mol. The van der Waals surface area contributed by atoms with Crippen molar-refractivity contribution in [3.8, 4) is 11.1 Å². The molecule has 1 aliphatic rings. The number of hydrogen-bond acceptors (Lipinski definition) is 2. The maximum absolute atomic E-state index is 12.6. The Kier molecular flexibility index (Phi) is 4.01. The number of nitrogens with one attached hydrogen (secondary N) is 2. The number of amides is 2. The summed E-state index contributed by atoms with van der Waals surface area (Å²) in [4.78, 5) is 25.0. The summed E-state index contributed by atoms with van der Waals surface area (Å²) in [7, 11) is 0. The van der Waals surface area contributed by atoms with Crippen LogP contribution < -0.4 is 10.6 Å². The van der Waals surface area contributed by atoms with Gasteiger partial charge in [-0.15, -0.1) is 0 Å². The van der Waals surface area contributed by atoms with E-state index in [1.807, 2.05) is 61.5 Å². The van der Waals surface area contributed by atoms with Gasteiger partial charge in [-0.3, -0.25) is 9.59 Å². The second-order valence-electron chi connectivity index (χ2n) is 6.39. The lowest BCUT2D eigenvalue weighted by atomic mass is 9.95. The van der Waals surface area contributed by atoms with E-state index in [1.165, 1.54) is 0 Å². The van der Waals surface area contributed by atoms with Crippen molar-refractivity contribution in [3.63, 3.8) is 0 Å². The van der Waals surface area contributed by atoms with E-state index < -0.39 is 0 Å². The number of carbonyl (C=O) groups is 2. The number of aryl methyl sites for hydroxylation is 1. The number of fused-ring (bicyclic) bond motifs is 1. The van der Waals surface area contributed by atoms with Crippen LogP contribution in [-0.4, -0.2) is 11.8 Å². The van der Waals surface area contributed by atoms with Gasteiger partial charge in [0.25, 0.3) is 11.8 Å². The lowest BCUT2D eigenvalue weighted by molar-refractivity contribution is 0.0966. The molecule has 1 aliphatic heterocycles. The summed E-state index contributed by atoms with van der Waals surface area (Å²) in [6, 6.07) is 21.1. The molecule has 26 heavy (non-hydrogen) atoms. The van der Waals surface area contributed by atoms with Crippen LogP contribution in [0.1, 0.15) is 31.8 Å². The maximum Gasteiger partial charge on any atom is 0.255 e. The Hall–Kier alpha value is -3.40. The van der Waals surface area contributed by atoms with E-state index in [0.717, 1.165) is 22.3 Å². The van der Waals surface area contributed by atoms with Crippen molar-refractivity contribution in [2.75, 3.05) is 5.32 Å². The molecule has 0 atom stereocenters. The fraction of sp³-hybridized carbons (Fsp3) is 0.0909. The van der Waals surface area contributed by atoms with Gasteiger partial charge < -0.3 is 10.6 Å². The summed E-state index contributed by atoms with van der Waals surface area (Å²) in [6.45, 7) is 2.41. The molecule has 2 amide bonds. The molecule has 2 N–H and O–H groups in total. The summed E-state index contributed by atoms with van der Waals surface area (Å²) < 4.78 is 0. The lowest BCUT2D eigenvalue weighted by Crippen LogP contribution is -2.17. The number of benzene rings is 3. The molecule has 3 aromatic carbocycles. The highest BCUT2D eigenvalue weighted by molar-refractivity contribution is 6.11. The summed E-state index contributed by atoms with van der Waals surface area (Å²) in [5, 5.41) is 5.76. The predicted octanol–water partition coefficient (Wildman–Crippen LogP) is 4.16. The summed E-state index contributed by atoms with van der Waals surface area (Å²) in [5.41, 5.74) is 5.66. The zero-order valence-electron chi connectivity index (χ0n) is 14.4. The first-order valence-corrected chi connectivity index (χ1v) is 8.51. The Morgan fingerprint density at radius 1 is 1.00 bits per heavy atom. The summed E-state index contributed by atoms with van der Waals surface area (Å²) in [5.74, 6) is -0.375. The first-order chi connectivity index (χ1) is 12.6. The fourth-order valence-corrected chi connectivity index (χ4v) is 3.32. The first kappa shape index (κ1) is 16.1. The zero-order valence-corrected chi connectivity index (χ0v) is 14.4. The third kappa shape index (κ3) is 2.86. The molecular formula is C22H18N2O2. The SMILES string of the molecule is Cc1cccc(C(=O)Nc2ccc(-c3ccccc3)c3c2C(=O)NC3)c1. The van der Waals surface area contributed by atoms with Gasteiger partial charge in [0.2, 0.25) is 0 Å². The topological polar surface area (TPSA) is 58.2 Å². The third-order valence-corrected chi connectivity index (χ3v) is 4.58. The number of rotatable bonds is 3. The van der Waals surface area contributed by atoms with Crippen molar-refractivity contribution in [1.82, 2.24) is 5.32 Å². The highest BCUT2D eigenvalue weighted by atomic mass is 16.2. The zero-order chi connectivity index (χ0) is 18.1. The molecule has 128 valence electrons. The predicted molar refractivity (Wildman–Crippen MR) is 102 cm³/mol. The van der Waals surface area contributed by atoms with E-state index in [0.29, 0.717) is 23.4 Å². The van der Waals surface area contributed by atoms with Crippen molar-refractivity contribution in [2.45, 2.75) is 13.5 Å². The summed E-state index contributed by atoms with van der Waals surface area (Å²) >= 11 is 0. The Balaban J connectivity index is 1.73. The first-order valence-electron chi connectivity index (χ1n) is 8.51. The molecule has 0 fully saturated rings. The highest BCUT2D eigenvalue weighted by Crippen LogP contribution is 2.34. The molecule has 0 saturated carbocycles. The molecule has 4 heteroatoms. The molecule has 0 spiro atoms. The van der Waals surface area contributed by atoms with Crippen LogP contribution >= 0.6 is 0 Å². The second kappa shape index (κ2) is 6.48. The Morgan fingerprint density at radius 2 is 1.81 bits per heavy atom. The Bertz CT molecular complexity index is 1010. The molecule has 4 rings (SSSR count). The molecule has 4 nitrogen and oxygen atoms in total. The van der Waals surface area contributed by atoms with Crippen LogP contribution in [0.4, 0.5) is 5.69 Å². The van der Waals surface area contributed by atoms with E-state index in [-0.39, 0.29) is 11.8 Å². The molecule has 0 bridgehead atoms. The van der Waals surface area contributed by atoms with Gasteiger partial charge in [-0.2, -0.15) is 0 Å². The number of hydrogen-bond donors (Lipinski definition) is 2. The monoisotopic (exact) mass is 342 g/mol. The average molecular weight is 342 g/mol. The molecule has 3 aromatic rings. The molecule has 0 radical (unpaired) electrons. The molecule has 1 heterocycles. The summed E-state index contributed by atoms with van der Waals surface area (Å²) in [6.07, 6.45) is 0. The van der Waals surface area contributed by atoms with Gasteiger partial charge >= 0.3 is 0 Å². The van der Waals surface area contributed by atoms with E-state index in [9.17, 15) is 9.59 Å². The standard InChI is InChI=1S/C22H18N2O2/c1-14-6-5-9-16(12-14)21(25)24-19-11-10-17(15-7-3-2-4-8-15)18-13-23-22(26)20(18)19/h2-12H,13H2,1H3,(H,23,26)(H,24,25). The van der Waals surface area contributed by atoms with Crippen molar-refractivity contribution in [2.24, 2.45) is 0 Å². The van der Waals surface area contributed by atoms with E-state index >= 15 is 0 Å². The van der Waals surface area contributed by atoms with E-state index in [4.69, 9.17) is 0 Å². The van der Waals surface area contributed by atoms with Gasteiger partial charge in [-0.05, 0) is 41.8 Å². The van der Waals surface area contributed by atoms with Crippen LogP contribution in [-0.2, 0) is 6.54 Å². The van der Waals surface area contributed by atoms with E-state index in [1.54, 1.807) is 12.1 Å². The average Bonchev–Trinajstić information content (AvgIpc) is 3.05. The minimum atomic E-state index is -0.219. The molecule has 0 saturated heterocycles. The smallest absolute Gasteiger partial charge is 0.255 e. The van der Waals surface area contributed by atoms with Gasteiger partial charge in [-0.1, -0.05) is 54.1 Å². The van der Waals surface area contributed by atoms with Gasteiger partial charge in [0.05, 0.1) is 11.3 Å². The van der Waals surface area contributed by atoms with Crippen LogP contribution in [0.3, 0.4) is 0 Å². The maximum atomic E-state index is 12.6. The van der Waals surface area contributed by atoms with Crippen LogP contribution in [0.5, 0.6) is 0 Å². The molecule has 0 aromatic heterocycles. The lowest BCUT2D eigenvalue weighted by Gasteiger charge is -2.13. The molecule has 0 unspecified atom stereocenters. The fourth-order valence-electron chi connectivity index (χ4n) is 3.32. The quantitative estimate of drug-likeness (QED) is 0.751. The molecule has 0 aliphatic carbocycles. The highest BCUT2D eigenvalue weighted by Gasteiger charge is 2.26.